The average molecular weight is 362 g/mol. The average Bonchev–Trinajstić information content (AvgIpc) is 3.04. The molecule has 0 aliphatic rings. The van der Waals surface area contributed by atoms with E-state index in [0.29, 0.717) is 15.9 Å². The number of thioether (sulfide) groups is 1. The van der Waals surface area contributed by atoms with Crippen LogP contribution in [0.2, 0.25) is 5.02 Å². The number of hydrogen-bond acceptors (Lipinski definition) is 3. The molecule has 0 saturated carbocycles. The maximum atomic E-state index is 12.9. The number of anilines is 1. The number of amides is 1. The molecule has 1 heterocycles. The molecule has 0 radical (unpaired) electrons. The Morgan fingerprint density at radius 1 is 1.17 bits per heavy atom. The third-order valence-corrected chi connectivity index (χ3v) is 4.39. The Labute approximate surface area is 147 Å². The Kier molecular flexibility index (Phi) is 5.17. The van der Waals surface area contributed by atoms with Crippen molar-refractivity contribution in [1.82, 2.24) is 9.55 Å². The first-order valence-electron chi connectivity index (χ1n) is 7.09. The van der Waals surface area contributed by atoms with Crippen molar-refractivity contribution in [3.05, 3.63) is 71.8 Å². The number of carbonyl (C=O) groups excluding carboxylic acids is 1. The van der Waals surface area contributed by atoms with Crippen LogP contribution < -0.4 is 5.32 Å². The summed E-state index contributed by atoms with van der Waals surface area (Å²) in [5, 5.41) is 4.08. The molecule has 4 nitrogen and oxygen atoms in total. The van der Waals surface area contributed by atoms with Crippen molar-refractivity contribution in [2.24, 2.45) is 0 Å². The summed E-state index contributed by atoms with van der Waals surface area (Å²) in [7, 11) is 0. The normalized spacial score (nSPS) is 10.6. The first kappa shape index (κ1) is 16.5. The standard InChI is InChI=1S/C17H13ClFN3OS/c18-12-1-7-15(8-2-12)22-10-9-20-17(22)24-11-16(23)21-14-5-3-13(19)4-6-14/h1-10H,11H2,(H,21,23). The highest BCUT2D eigenvalue weighted by atomic mass is 35.5. The summed E-state index contributed by atoms with van der Waals surface area (Å²) in [4.78, 5) is 16.3. The topological polar surface area (TPSA) is 46.9 Å². The minimum Gasteiger partial charge on any atom is -0.325 e. The van der Waals surface area contributed by atoms with Gasteiger partial charge < -0.3 is 5.32 Å². The lowest BCUT2D eigenvalue weighted by atomic mass is 10.3. The highest BCUT2D eigenvalue weighted by molar-refractivity contribution is 7.99. The van der Waals surface area contributed by atoms with E-state index >= 15 is 0 Å². The molecule has 0 aliphatic carbocycles. The molecule has 0 unspecified atom stereocenters. The molecule has 122 valence electrons. The number of benzene rings is 2. The van der Waals surface area contributed by atoms with Gasteiger partial charge in [-0.25, -0.2) is 9.37 Å². The van der Waals surface area contributed by atoms with Gasteiger partial charge >= 0.3 is 0 Å². The van der Waals surface area contributed by atoms with Crippen LogP contribution in [0.25, 0.3) is 5.69 Å². The summed E-state index contributed by atoms with van der Waals surface area (Å²) in [6, 6.07) is 13.0. The van der Waals surface area contributed by atoms with E-state index in [1.807, 2.05) is 22.9 Å². The predicted molar refractivity (Wildman–Crippen MR) is 94.3 cm³/mol. The van der Waals surface area contributed by atoms with Crippen LogP contribution in [-0.4, -0.2) is 21.2 Å². The van der Waals surface area contributed by atoms with Gasteiger partial charge in [0.1, 0.15) is 5.82 Å². The number of nitrogens with one attached hydrogen (secondary N) is 1. The molecule has 1 aromatic heterocycles. The van der Waals surface area contributed by atoms with E-state index in [4.69, 9.17) is 11.6 Å². The second kappa shape index (κ2) is 7.51. The Morgan fingerprint density at radius 3 is 2.58 bits per heavy atom. The number of imidazole rings is 1. The number of carbonyl (C=O) groups is 1. The predicted octanol–water partition coefficient (Wildman–Crippen LogP) is 4.40. The highest BCUT2D eigenvalue weighted by Crippen LogP contribution is 2.22. The molecule has 3 rings (SSSR count). The molecule has 0 spiro atoms. The molecule has 1 amide bonds. The van der Waals surface area contributed by atoms with Gasteiger partial charge in [-0.15, -0.1) is 0 Å². The number of halogens is 2. The molecular formula is C17H13ClFN3OS. The molecule has 24 heavy (non-hydrogen) atoms. The van der Waals surface area contributed by atoms with Crippen molar-refractivity contribution in [2.45, 2.75) is 5.16 Å². The minimum atomic E-state index is -0.340. The van der Waals surface area contributed by atoms with E-state index in [1.54, 1.807) is 18.3 Å². The molecule has 1 N–H and O–H groups in total. The van der Waals surface area contributed by atoms with Gasteiger partial charge in [0.25, 0.3) is 0 Å². The van der Waals surface area contributed by atoms with Gasteiger partial charge in [-0.05, 0) is 48.5 Å². The Balaban J connectivity index is 1.63. The highest BCUT2D eigenvalue weighted by Gasteiger charge is 2.09. The van der Waals surface area contributed by atoms with Crippen LogP contribution in [0.4, 0.5) is 10.1 Å². The Bertz CT molecular complexity index is 834. The molecule has 0 saturated heterocycles. The minimum absolute atomic E-state index is 0.183. The first-order valence-corrected chi connectivity index (χ1v) is 8.46. The van der Waals surface area contributed by atoms with Gasteiger partial charge in [0, 0.05) is 28.8 Å². The summed E-state index contributed by atoms with van der Waals surface area (Å²) in [6.45, 7) is 0. The van der Waals surface area contributed by atoms with Crippen LogP contribution in [0, 0.1) is 5.82 Å². The Morgan fingerprint density at radius 2 is 1.88 bits per heavy atom. The zero-order chi connectivity index (χ0) is 16.9. The fraction of sp³-hybridized carbons (Fsp3) is 0.0588. The maximum Gasteiger partial charge on any atom is 0.234 e. The monoisotopic (exact) mass is 361 g/mol. The van der Waals surface area contributed by atoms with Crippen LogP contribution in [0.5, 0.6) is 0 Å². The van der Waals surface area contributed by atoms with Gasteiger partial charge in [-0.2, -0.15) is 0 Å². The maximum absolute atomic E-state index is 12.9. The lowest BCUT2D eigenvalue weighted by Crippen LogP contribution is -2.14. The van der Waals surface area contributed by atoms with Gasteiger partial charge in [-0.3, -0.25) is 9.36 Å². The van der Waals surface area contributed by atoms with Gasteiger partial charge in [0.05, 0.1) is 5.75 Å². The fourth-order valence-corrected chi connectivity index (χ4v) is 2.95. The Hall–Kier alpha value is -2.31. The molecule has 0 atom stereocenters. The van der Waals surface area contributed by atoms with E-state index in [-0.39, 0.29) is 17.5 Å². The number of rotatable bonds is 5. The van der Waals surface area contributed by atoms with Crippen molar-refractivity contribution >= 4 is 35.0 Å². The van der Waals surface area contributed by atoms with Gasteiger partial charge in [0.15, 0.2) is 5.16 Å². The van der Waals surface area contributed by atoms with Crippen molar-refractivity contribution in [3.63, 3.8) is 0 Å². The van der Waals surface area contributed by atoms with E-state index in [9.17, 15) is 9.18 Å². The molecule has 0 aliphatic heterocycles. The third kappa shape index (κ3) is 4.15. The van der Waals surface area contributed by atoms with Crippen molar-refractivity contribution in [1.29, 1.82) is 0 Å². The lowest BCUT2D eigenvalue weighted by molar-refractivity contribution is -0.113. The van der Waals surface area contributed by atoms with E-state index in [1.165, 1.54) is 36.0 Å². The van der Waals surface area contributed by atoms with Crippen LogP contribution in [0.15, 0.2) is 66.1 Å². The summed E-state index contributed by atoms with van der Waals surface area (Å²) in [5.74, 6) is -0.327. The van der Waals surface area contributed by atoms with Crippen molar-refractivity contribution in [3.8, 4) is 5.69 Å². The van der Waals surface area contributed by atoms with Crippen LogP contribution >= 0.6 is 23.4 Å². The smallest absolute Gasteiger partial charge is 0.234 e. The SMILES string of the molecule is O=C(CSc1nccn1-c1ccc(Cl)cc1)Nc1ccc(F)cc1. The largest absolute Gasteiger partial charge is 0.325 e. The molecular weight excluding hydrogens is 349 g/mol. The van der Waals surface area contributed by atoms with Crippen LogP contribution in [0.3, 0.4) is 0 Å². The van der Waals surface area contributed by atoms with Crippen LogP contribution in [0.1, 0.15) is 0 Å². The number of aromatic nitrogens is 2. The fourth-order valence-electron chi connectivity index (χ4n) is 2.06. The zero-order valence-electron chi connectivity index (χ0n) is 12.4. The van der Waals surface area contributed by atoms with E-state index in [0.717, 1.165) is 5.69 Å². The quantitative estimate of drug-likeness (QED) is 0.685. The molecule has 7 heteroatoms. The van der Waals surface area contributed by atoms with E-state index < -0.39 is 0 Å². The van der Waals surface area contributed by atoms with Crippen LogP contribution in [-0.2, 0) is 4.79 Å². The molecule has 0 fully saturated rings. The molecule has 0 bridgehead atoms. The van der Waals surface area contributed by atoms with Gasteiger partial charge in [-0.1, -0.05) is 23.4 Å². The summed E-state index contributed by atoms with van der Waals surface area (Å²) in [5.41, 5.74) is 1.47. The summed E-state index contributed by atoms with van der Waals surface area (Å²) in [6.07, 6.45) is 3.50. The molecule has 2 aromatic carbocycles. The second-order valence-electron chi connectivity index (χ2n) is 4.90. The summed E-state index contributed by atoms with van der Waals surface area (Å²) >= 11 is 7.21. The lowest BCUT2D eigenvalue weighted by Gasteiger charge is -2.08. The summed E-state index contributed by atoms with van der Waals surface area (Å²) < 4.78 is 14.7. The van der Waals surface area contributed by atoms with E-state index in [2.05, 4.69) is 10.3 Å². The number of hydrogen-bond donors (Lipinski definition) is 1. The van der Waals surface area contributed by atoms with Crippen molar-refractivity contribution in [2.75, 3.05) is 11.1 Å². The second-order valence-corrected chi connectivity index (χ2v) is 6.28. The molecule has 3 aromatic rings. The van der Waals surface area contributed by atoms with Crippen molar-refractivity contribution < 1.29 is 9.18 Å². The van der Waals surface area contributed by atoms with Gasteiger partial charge in [0.2, 0.25) is 5.91 Å². The zero-order valence-corrected chi connectivity index (χ0v) is 14.0. The third-order valence-electron chi connectivity index (χ3n) is 3.17. The first-order chi connectivity index (χ1) is 11.6. The number of nitrogens with zero attached hydrogens (tertiary/aromatic N) is 2.